The summed E-state index contributed by atoms with van der Waals surface area (Å²) in [7, 11) is 0. The first-order chi connectivity index (χ1) is 39.0. The van der Waals surface area contributed by atoms with Crippen molar-refractivity contribution in [2.45, 2.75) is 374 Å². The van der Waals surface area contributed by atoms with E-state index in [0.717, 1.165) is 83.5 Å². The van der Waals surface area contributed by atoms with Crippen LogP contribution in [0, 0.1) is 0 Å². The molecule has 0 aliphatic rings. The Kier molecular flexibility index (Phi) is 65.1. The number of carbonyl (C=O) groups is 3. The molecule has 460 valence electrons. The zero-order valence-corrected chi connectivity index (χ0v) is 52.9. The fraction of sp³-hybridized carbons (Fsp3) is 0.822. The van der Waals surface area contributed by atoms with Crippen molar-refractivity contribution in [3.8, 4) is 0 Å². The standard InChI is InChI=1S/C73H132O6/c1-4-7-10-13-16-19-22-25-28-31-33-34-35-36-37-38-40-42-45-48-51-54-57-60-63-66-72(75)78-69-70(68-77-71(74)65-62-59-56-53-50-47-44-41-30-27-24-21-18-15-12-9-6-3)79-73(76)67-64-61-58-55-52-49-46-43-39-32-29-26-23-20-17-14-11-8-5-2/h9,12,18,21,26-27,29-31,33,70H,4-8,10-11,13-17,19-20,22-25,28,32,34-69H2,1-3H3/b12-9-,21-18-,29-26-,30-27-,33-31-. The van der Waals surface area contributed by atoms with Gasteiger partial charge in [0.05, 0.1) is 0 Å². The number of rotatable bonds is 64. The Hall–Kier alpha value is -2.89. The molecule has 0 heterocycles. The molecular formula is C73H132O6. The Morgan fingerprint density at radius 1 is 0.266 bits per heavy atom. The lowest BCUT2D eigenvalue weighted by molar-refractivity contribution is -0.167. The zero-order valence-electron chi connectivity index (χ0n) is 52.9. The van der Waals surface area contributed by atoms with Crippen LogP contribution in [0.1, 0.15) is 367 Å². The fourth-order valence-corrected chi connectivity index (χ4v) is 10.3. The number of carbonyl (C=O) groups excluding carboxylic acids is 3. The highest BCUT2D eigenvalue weighted by Crippen LogP contribution is 2.18. The van der Waals surface area contributed by atoms with Crippen LogP contribution in [-0.4, -0.2) is 37.2 Å². The summed E-state index contributed by atoms with van der Waals surface area (Å²) in [4.78, 5) is 38.4. The molecule has 0 bridgehead atoms. The van der Waals surface area contributed by atoms with E-state index in [0.29, 0.717) is 19.3 Å². The summed E-state index contributed by atoms with van der Waals surface area (Å²) >= 11 is 0. The average molecular weight is 1110 g/mol. The summed E-state index contributed by atoms with van der Waals surface area (Å²) in [5.41, 5.74) is 0. The van der Waals surface area contributed by atoms with Gasteiger partial charge in [0.2, 0.25) is 0 Å². The molecule has 0 radical (unpaired) electrons. The van der Waals surface area contributed by atoms with Crippen LogP contribution in [-0.2, 0) is 28.6 Å². The molecular weight excluding hydrogens is 973 g/mol. The summed E-state index contributed by atoms with van der Waals surface area (Å²) in [6.07, 6.45) is 86.7. The lowest BCUT2D eigenvalue weighted by atomic mass is 10.0. The van der Waals surface area contributed by atoms with Gasteiger partial charge in [0.25, 0.3) is 0 Å². The van der Waals surface area contributed by atoms with Crippen molar-refractivity contribution in [1.29, 1.82) is 0 Å². The first-order valence-corrected chi connectivity index (χ1v) is 34.8. The van der Waals surface area contributed by atoms with E-state index in [1.54, 1.807) is 0 Å². The van der Waals surface area contributed by atoms with Gasteiger partial charge in [0.1, 0.15) is 13.2 Å². The topological polar surface area (TPSA) is 78.9 Å². The smallest absolute Gasteiger partial charge is 0.306 e. The van der Waals surface area contributed by atoms with Gasteiger partial charge in [0.15, 0.2) is 6.10 Å². The van der Waals surface area contributed by atoms with Crippen LogP contribution in [0.3, 0.4) is 0 Å². The highest BCUT2D eigenvalue weighted by molar-refractivity contribution is 5.71. The fourth-order valence-electron chi connectivity index (χ4n) is 10.3. The third-order valence-corrected chi connectivity index (χ3v) is 15.5. The minimum absolute atomic E-state index is 0.0755. The monoisotopic (exact) mass is 1110 g/mol. The molecule has 0 saturated carbocycles. The largest absolute Gasteiger partial charge is 0.462 e. The molecule has 0 aliphatic heterocycles. The summed E-state index contributed by atoms with van der Waals surface area (Å²) in [6.45, 7) is 6.58. The molecule has 0 aromatic rings. The number of unbranched alkanes of at least 4 members (excludes halogenated alkanes) is 43. The Morgan fingerprint density at radius 2 is 0.494 bits per heavy atom. The maximum atomic E-state index is 12.9. The number of allylic oxidation sites excluding steroid dienone is 10. The molecule has 0 spiro atoms. The second-order valence-electron chi connectivity index (χ2n) is 23.4. The van der Waals surface area contributed by atoms with Gasteiger partial charge >= 0.3 is 17.9 Å². The van der Waals surface area contributed by atoms with E-state index in [-0.39, 0.29) is 31.1 Å². The lowest BCUT2D eigenvalue weighted by Gasteiger charge is -2.18. The van der Waals surface area contributed by atoms with Gasteiger partial charge in [-0.15, -0.1) is 0 Å². The van der Waals surface area contributed by atoms with E-state index in [1.165, 1.54) is 244 Å². The highest BCUT2D eigenvalue weighted by atomic mass is 16.6. The molecule has 0 rings (SSSR count). The summed E-state index contributed by atoms with van der Waals surface area (Å²) in [5.74, 6) is -0.866. The van der Waals surface area contributed by atoms with E-state index in [9.17, 15) is 14.4 Å². The average Bonchev–Trinajstić information content (AvgIpc) is 3.45. The van der Waals surface area contributed by atoms with Crippen molar-refractivity contribution in [2.24, 2.45) is 0 Å². The van der Waals surface area contributed by atoms with E-state index in [4.69, 9.17) is 14.2 Å². The molecule has 0 amide bonds. The molecule has 0 aliphatic carbocycles. The van der Waals surface area contributed by atoms with Crippen molar-refractivity contribution in [3.63, 3.8) is 0 Å². The number of ether oxygens (including phenoxy) is 3. The molecule has 0 aromatic heterocycles. The van der Waals surface area contributed by atoms with Gasteiger partial charge in [-0.2, -0.15) is 0 Å². The third-order valence-electron chi connectivity index (χ3n) is 15.5. The minimum atomic E-state index is -0.781. The van der Waals surface area contributed by atoms with Crippen LogP contribution in [0.25, 0.3) is 0 Å². The molecule has 6 nitrogen and oxygen atoms in total. The van der Waals surface area contributed by atoms with Gasteiger partial charge in [-0.25, -0.2) is 0 Å². The predicted octanol–water partition coefficient (Wildman–Crippen LogP) is 23.9. The first kappa shape index (κ1) is 76.1. The Balaban J connectivity index is 4.31. The predicted molar refractivity (Wildman–Crippen MR) is 344 cm³/mol. The molecule has 0 N–H and O–H groups in total. The Bertz CT molecular complexity index is 1410. The minimum Gasteiger partial charge on any atom is -0.462 e. The number of hydrogen-bond donors (Lipinski definition) is 0. The maximum Gasteiger partial charge on any atom is 0.306 e. The molecule has 0 saturated heterocycles. The normalized spacial score (nSPS) is 12.4. The molecule has 0 fully saturated rings. The van der Waals surface area contributed by atoms with Crippen molar-refractivity contribution in [3.05, 3.63) is 60.8 Å². The summed E-state index contributed by atoms with van der Waals surface area (Å²) in [6, 6.07) is 0. The van der Waals surface area contributed by atoms with E-state index in [1.807, 2.05) is 0 Å². The van der Waals surface area contributed by atoms with Crippen LogP contribution in [0.4, 0.5) is 0 Å². The SMILES string of the molecule is CC/C=C\C/C=C\C/C=C\CCCCCCCCCC(=O)OCC(COC(=O)CCCCCCCCCCCCCCC/C=C\CCCCCCCCCC)OC(=O)CCCCCCCCCCC/C=C\CCCCCCCC. The first-order valence-electron chi connectivity index (χ1n) is 34.8. The third kappa shape index (κ3) is 65.8. The van der Waals surface area contributed by atoms with E-state index < -0.39 is 6.10 Å². The number of hydrogen-bond acceptors (Lipinski definition) is 6. The van der Waals surface area contributed by atoms with Crippen molar-refractivity contribution in [1.82, 2.24) is 0 Å². The summed E-state index contributed by atoms with van der Waals surface area (Å²) < 4.78 is 17.0. The maximum absolute atomic E-state index is 12.9. The molecule has 1 unspecified atom stereocenters. The highest BCUT2D eigenvalue weighted by Gasteiger charge is 2.19. The van der Waals surface area contributed by atoms with Crippen LogP contribution < -0.4 is 0 Å². The van der Waals surface area contributed by atoms with Crippen LogP contribution in [0.15, 0.2) is 60.8 Å². The molecule has 6 heteroatoms. The Morgan fingerprint density at radius 3 is 0.785 bits per heavy atom. The zero-order chi connectivity index (χ0) is 57.1. The second kappa shape index (κ2) is 67.6. The molecule has 1 atom stereocenters. The molecule has 0 aromatic carbocycles. The molecule has 79 heavy (non-hydrogen) atoms. The van der Waals surface area contributed by atoms with Crippen molar-refractivity contribution in [2.75, 3.05) is 13.2 Å². The van der Waals surface area contributed by atoms with E-state index in [2.05, 4.69) is 81.5 Å². The van der Waals surface area contributed by atoms with Gasteiger partial charge in [-0.3, -0.25) is 14.4 Å². The van der Waals surface area contributed by atoms with E-state index >= 15 is 0 Å². The van der Waals surface area contributed by atoms with Crippen LogP contribution >= 0.6 is 0 Å². The van der Waals surface area contributed by atoms with Crippen LogP contribution in [0.2, 0.25) is 0 Å². The second-order valence-corrected chi connectivity index (χ2v) is 23.4. The Labute approximate surface area is 491 Å². The van der Waals surface area contributed by atoms with Crippen molar-refractivity contribution >= 4 is 17.9 Å². The number of esters is 3. The van der Waals surface area contributed by atoms with Gasteiger partial charge in [-0.05, 0) is 103 Å². The van der Waals surface area contributed by atoms with Crippen molar-refractivity contribution < 1.29 is 28.6 Å². The summed E-state index contributed by atoms with van der Waals surface area (Å²) in [5, 5.41) is 0. The van der Waals surface area contributed by atoms with Crippen LogP contribution in [0.5, 0.6) is 0 Å². The van der Waals surface area contributed by atoms with Gasteiger partial charge in [-0.1, -0.05) is 306 Å². The lowest BCUT2D eigenvalue weighted by Crippen LogP contribution is -2.30. The van der Waals surface area contributed by atoms with Gasteiger partial charge in [0, 0.05) is 19.3 Å². The quantitative estimate of drug-likeness (QED) is 0.0261. The van der Waals surface area contributed by atoms with Gasteiger partial charge < -0.3 is 14.2 Å².